The molecule has 7 nitrogen and oxygen atoms in total. The van der Waals surface area contributed by atoms with Crippen LogP contribution in [0.3, 0.4) is 0 Å². The van der Waals surface area contributed by atoms with Crippen molar-refractivity contribution in [3.63, 3.8) is 0 Å². The second kappa shape index (κ2) is 5.30. The first-order chi connectivity index (χ1) is 10.2. The van der Waals surface area contributed by atoms with Crippen molar-refractivity contribution < 1.29 is 18.0 Å². The lowest BCUT2D eigenvalue weighted by Gasteiger charge is -2.06. The predicted molar refractivity (Wildman–Crippen MR) is 79.1 cm³/mol. The average molecular weight is 321 g/mol. The molecule has 0 aliphatic rings. The van der Waals surface area contributed by atoms with Gasteiger partial charge in [-0.05, 0) is 24.6 Å². The highest BCUT2D eigenvalue weighted by molar-refractivity contribution is 7.91. The Morgan fingerprint density at radius 1 is 1.00 bits per heavy atom. The number of hydrogen-bond donors (Lipinski definition) is 2. The molecule has 2 rings (SSSR count). The molecule has 4 N–H and O–H groups in total. The van der Waals surface area contributed by atoms with Crippen molar-refractivity contribution in [3.8, 4) is 0 Å². The molecule has 8 heteroatoms. The second-order valence-electron chi connectivity index (χ2n) is 4.76. The van der Waals surface area contributed by atoms with E-state index in [9.17, 15) is 18.0 Å². The predicted octanol–water partition coefficient (Wildman–Crippen LogP) is 0.364. The van der Waals surface area contributed by atoms with E-state index < -0.39 is 21.7 Å². The van der Waals surface area contributed by atoms with Crippen molar-refractivity contribution in [3.05, 3.63) is 47.3 Å². The van der Waals surface area contributed by atoms with Crippen LogP contribution in [0.1, 0.15) is 26.5 Å². The summed E-state index contributed by atoms with van der Waals surface area (Å²) in [4.78, 5) is 23.0. The summed E-state index contributed by atoms with van der Waals surface area (Å²) in [5.74, 6) is -1.79. The lowest BCUT2D eigenvalue weighted by atomic mass is 10.2. The van der Waals surface area contributed by atoms with E-state index in [-0.39, 0.29) is 26.7 Å². The van der Waals surface area contributed by atoms with Crippen LogP contribution in [0, 0.1) is 6.92 Å². The van der Waals surface area contributed by atoms with Crippen LogP contribution in [-0.2, 0) is 16.9 Å². The van der Waals surface area contributed by atoms with Gasteiger partial charge in [0.15, 0.2) is 0 Å². The molecule has 0 atom stereocenters. The van der Waals surface area contributed by atoms with Crippen LogP contribution in [0.4, 0.5) is 0 Å². The molecule has 0 bridgehead atoms. The molecule has 0 radical (unpaired) electrons. The topological polar surface area (TPSA) is 125 Å². The highest BCUT2D eigenvalue weighted by atomic mass is 32.2. The Hall–Kier alpha value is -2.61. The highest BCUT2D eigenvalue weighted by Gasteiger charge is 2.33. The van der Waals surface area contributed by atoms with Gasteiger partial charge in [0, 0.05) is 7.05 Å². The van der Waals surface area contributed by atoms with Crippen molar-refractivity contribution in [2.24, 2.45) is 18.5 Å². The van der Waals surface area contributed by atoms with E-state index in [0.29, 0.717) is 0 Å². The minimum atomic E-state index is -4.01. The van der Waals surface area contributed by atoms with E-state index in [1.54, 1.807) is 18.2 Å². The summed E-state index contributed by atoms with van der Waals surface area (Å²) in [5.41, 5.74) is 10.3. The third-order valence-corrected chi connectivity index (χ3v) is 5.30. The van der Waals surface area contributed by atoms with Gasteiger partial charge < -0.3 is 16.0 Å². The van der Waals surface area contributed by atoms with Crippen LogP contribution in [-0.4, -0.2) is 24.8 Å². The van der Waals surface area contributed by atoms with Gasteiger partial charge in [0.2, 0.25) is 9.84 Å². The molecule has 0 saturated heterocycles. The van der Waals surface area contributed by atoms with Crippen molar-refractivity contribution >= 4 is 21.7 Å². The van der Waals surface area contributed by atoms with Crippen molar-refractivity contribution in [2.45, 2.75) is 16.7 Å². The number of rotatable bonds is 4. The molecule has 0 saturated carbocycles. The molecule has 0 fully saturated rings. The number of nitrogens with zero attached hydrogens (tertiary/aromatic N) is 1. The lowest BCUT2D eigenvalue weighted by molar-refractivity contribution is 0.0986. The van der Waals surface area contributed by atoms with Crippen molar-refractivity contribution in [1.82, 2.24) is 4.57 Å². The zero-order valence-electron chi connectivity index (χ0n) is 12.0. The number of nitrogens with two attached hydrogens (primary N) is 2. The third-order valence-electron chi connectivity index (χ3n) is 3.37. The number of aromatic nitrogens is 1. The molecule has 0 aliphatic heterocycles. The fraction of sp³-hybridized carbons (Fsp3) is 0.143. The van der Waals surface area contributed by atoms with Crippen LogP contribution in [0.25, 0.3) is 0 Å². The maximum atomic E-state index is 12.8. The van der Waals surface area contributed by atoms with E-state index in [2.05, 4.69) is 0 Å². The van der Waals surface area contributed by atoms with Gasteiger partial charge in [-0.15, -0.1) is 0 Å². The molecule has 22 heavy (non-hydrogen) atoms. The molecule has 2 amide bonds. The summed E-state index contributed by atoms with van der Waals surface area (Å²) in [6.45, 7) is 1.42. The first-order valence-electron chi connectivity index (χ1n) is 6.28. The normalized spacial score (nSPS) is 11.4. The van der Waals surface area contributed by atoms with E-state index >= 15 is 0 Å². The maximum absolute atomic E-state index is 12.8. The molecular formula is C14H15N3O4S. The van der Waals surface area contributed by atoms with Crippen molar-refractivity contribution in [1.29, 1.82) is 0 Å². The van der Waals surface area contributed by atoms with Crippen LogP contribution in [0.15, 0.2) is 40.1 Å². The molecule has 0 aliphatic carbocycles. The van der Waals surface area contributed by atoms with Gasteiger partial charge in [0.1, 0.15) is 16.3 Å². The van der Waals surface area contributed by atoms with Gasteiger partial charge in [-0.3, -0.25) is 9.59 Å². The van der Waals surface area contributed by atoms with Crippen LogP contribution in [0.5, 0.6) is 0 Å². The van der Waals surface area contributed by atoms with Gasteiger partial charge in [-0.1, -0.05) is 18.2 Å². The number of carbonyl (C=O) groups excluding carboxylic acids is 2. The minimum absolute atomic E-state index is 0.00206. The number of amides is 2. The summed E-state index contributed by atoms with van der Waals surface area (Å²) >= 11 is 0. The Balaban J connectivity index is 2.90. The Morgan fingerprint density at radius 3 is 1.95 bits per heavy atom. The van der Waals surface area contributed by atoms with Gasteiger partial charge in [-0.25, -0.2) is 8.42 Å². The Morgan fingerprint density at radius 2 is 1.50 bits per heavy atom. The molecule has 0 unspecified atom stereocenters. The van der Waals surface area contributed by atoms with E-state index in [1.807, 2.05) is 0 Å². The first-order valence-corrected chi connectivity index (χ1v) is 7.77. The monoisotopic (exact) mass is 321 g/mol. The zero-order chi connectivity index (χ0) is 16.7. The summed E-state index contributed by atoms with van der Waals surface area (Å²) in [5, 5.41) is 0. The first kappa shape index (κ1) is 15.8. The number of sulfone groups is 1. The highest BCUT2D eigenvalue weighted by Crippen LogP contribution is 2.30. The zero-order valence-corrected chi connectivity index (χ0v) is 12.8. The average Bonchev–Trinajstić information content (AvgIpc) is 2.71. The summed E-state index contributed by atoms with van der Waals surface area (Å²) in [7, 11) is -2.64. The smallest absolute Gasteiger partial charge is 0.266 e. The van der Waals surface area contributed by atoms with E-state index in [1.165, 1.54) is 26.1 Å². The Kier molecular flexibility index (Phi) is 3.80. The number of hydrogen-bond acceptors (Lipinski definition) is 4. The van der Waals surface area contributed by atoms with Gasteiger partial charge in [0.25, 0.3) is 11.8 Å². The quantitative estimate of drug-likeness (QED) is 0.843. The van der Waals surface area contributed by atoms with E-state index in [0.717, 1.165) is 4.57 Å². The summed E-state index contributed by atoms with van der Waals surface area (Å²) in [6, 6.07) is 7.59. The maximum Gasteiger partial charge on any atom is 0.266 e. The van der Waals surface area contributed by atoms with Crippen LogP contribution < -0.4 is 11.5 Å². The van der Waals surface area contributed by atoms with Crippen LogP contribution >= 0.6 is 0 Å². The standard InChI is InChI=1S/C14H15N3O4S/c1-8-10(13(15)18)17(2)11(14(16)19)12(8)22(20,21)9-6-4-3-5-7-9/h3-7H,1-2H3,(H2,15,18)(H2,16,19). The molecule has 1 aromatic heterocycles. The number of benzene rings is 1. The molecule has 1 heterocycles. The molecule has 116 valence electrons. The van der Waals surface area contributed by atoms with Gasteiger partial charge in [-0.2, -0.15) is 0 Å². The van der Waals surface area contributed by atoms with Gasteiger partial charge in [0.05, 0.1) is 4.90 Å². The summed E-state index contributed by atoms with van der Waals surface area (Å²) in [6.07, 6.45) is 0. The van der Waals surface area contributed by atoms with Crippen molar-refractivity contribution in [2.75, 3.05) is 0 Å². The van der Waals surface area contributed by atoms with Gasteiger partial charge >= 0.3 is 0 Å². The Labute approximate surface area is 127 Å². The molecule has 0 spiro atoms. The largest absolute Gasteiger partial charge is 0.364 e. The number of primary amides is 2. The molecular weight excluding hydrogens is 306 g/mol. The lowest BCUT2D eigenvalue weighted by Crippen LogP contribution is -2.21. The molecule has 1 aromatic carbocycles. The van der Waals surface area contributed by atoms with Crippen LogP contribution in [0.2, 0.25) is 0 Å². The SMILES string of the molecule is Cc1c(S(=O)(=O)c2ccccc2)c(C(N)=O)n(C)c1C(N)=O. The molecule has 2 aromatic rings. The third kappa shape index (κ3) is 2.27. The van der Waals surface area contributed by atoms with E-state index in [4.69, 9.17) is 11.5 Å². The fourth-order valence-corrected chi connectivity index (χ4v) is 4.22. The minimum Gasteiger partial charge on any atom is -0.364 e. The second-order valence-corrected chi connectivity index (χ2v) is 6.64. The number of carbonyl (C=O) groups is 2. The Bertz CT molecular complexity index is 867. The fourth-order valence-electron chi connectivity index (χ4n) is 2.47. The summed E-state index contributed by atoms with van der Waals surface area (Å²) < 4.78 is 26.7.